The lowest BCUT2D eigenvalue weighted by Gasteiger charge is -2.39. The monoisotopic (exact) mass is 376 g/mol. The number of rotatable bonds is 4. The minimum atomic E-state index is -0.0806. The topological polar surface area (TPSA) is 40.6 Å². The Morgan fingerprint density at radius 1 is 1.08 bits per heavy atom. The number of likely N-dealkylation sites (tertiary alicyclic amines) is 1. The average molecular weight is 377 g/mol. The Morgan fingerprint density at radius 2 is 1.73 bits per heavy atom. The number of carbonyl (C=O) groups excluding carboxylic acids is 2. The van der Waals surface area contributed by atoms with Gasteiger partial charge >= 0.3 is 0 Å². The molecule has 0 spiro atoms. The summed E-state index contributed by atoms with van der Waals surface area (Å²) in [6.45, 7) is 5.46. The summed E-state index contributed by atoms with van der Waals surface area (Å²) in [5.41, 5.74) is 0.638. The van der Waals surface area contributed by atoms with E-state index < -0.39 is 0 Å². The number of benzene rings is 1. The van der Waals surface area contributed by atoms with Crippen LogP contribution in [0.1, 0.15) is 62.7 Å². The summed E-state index contributed by atoms with van der Waals surface area (Å²) in [5, 5.41) is 0.623. The second-order valence-electron chi connectivity index (χ2n) is 7.87. The maximum Gasteiger partial charge on any atom is 0.253 e. The number of nitrogens with zero attached hydrogens (tertiary/aromatic N) is 2. The molecule has 2 amide bonds. The number of carbonyl (C=O) groups is 2. The zero-order chi connectivity index (χ0) is 18.7. The number of amides is 2. The molecular formula is C21H29ClN2O2. The van der Waals surface area contributed by atoms with Gasteiger partial charge in [-0.15, -0.1) is 0 Å². The molecule has 142 valence electrons. The molecule has 1 saturated heterocycles. The van der Waals surface area contributed by atoms with Crippen LogP contribution in [-0.4, -0.2) is 46.8 Å². The van der Waals surface area contributed by atoms with Gasteiger partial charge in [0.1, 0.15) is 0 Å². The smallest absolute Gasteiger partial charge is 0.253 e. The molecule has 1 saturated carbocycles. The zero-order valence-electron chi connectivity index (χ0n) is 15.8. The maximum atomic E-state index is 13.2. The molecule has 1 atom stereocenters. The van der Waals surface area contributed by atoms with Gasteiger partial charge in [-0.25, -0.2) is 0 Å². The minimum Gasteiger partial charge on any atom is -0.338 e. The molecule has 1 aliphatic carbocycles. The van der Waals surface area contributed by atoms with Crippen LogP contribution in [0.2, 0.25) is 5.02 Å². The van der Waals surface area contributed by atoms with Gasteiger partial charge in [0.05, 0.1) is 5.92 Å². The molecule has 4 nitrogen and oxygen atoms in total. The molecule has 0 N–H and O–H groups in total. The fourth-order valence-corrected chi connectivity index (χ4v) is 4.51. The van der Waals surface area contributed by atoms with Crippen LogP contribution in [0.25, 0.3) is 0 Å². The van der Waals surface area contributed by atoms with Crippen LogP contribution in [0.15, 0.2) is 24.3 Å². The van der Waals surface area contributed by atoms with E-state index in [0.717, 1.165) is 32.2 Å². The molecule has 2 fully saturated rings. The molecule has 0 bridgehead atoms. The van der Waals surface area contributed by atoms with Crippen molar-refractivity contribution in [3.05, 3.63) is 34.9 Å². The summed E-state index contributed by atoms with van der Waals surface area (Å²) in [7, 11) is 0. The van der Waals surface area contributed by atoms with Gasteiger partial charge in [0.25, 0.3) is 5.91 Å². The predicted octanol–water partition coefficient (Wildman–Crippen LogP) is 4.37. The standard InChI is InChI=1S/C21H29ClN2O2/c1-15(2)24(19-7-3-4-8-19)21(26)17-6-5-13-23(14-17)20(25)16-9-11-18(22)12-10-16/h9-12,15,17,19H,3-8,13-14H2,1-2H3. The first-order chi connectivity index (χ1) is 12.5. The van der Waals surface area contributed by atoms with E-state index in [1.165, 1.54) is 12.8 Å². The first kappa shape index (κ1) is 19.2. The molecule has 26 heavy (non-hydrogen) atoms. The minimum absolute atomic E-state index is 0.00358. The highest BCUT2D eigenvalue weighted by Gasteiger charge is 2.36. The fourth-order valence-electron chi connectivity index (χ4n) is 4.39. The van der Waals surface area contributed by atoms with E-state index >= 15 is 0 Å². The third-order valence-corrected chi connectivity index (χ3v) is 5.93. The van der Waals surface area contributed by atoms with E-state index in [4.69, 9.17) is 11.6 Å². The molecule has 0 aromatic heterocycles. The second kappa shape index (κ2) is 8.43. The quantitative estimate of drug-likeness (QED) is 0.782. The predicted molar refractivity (Wildman–Crippen MR) is 104 cm³/mol. The molecule has 5 heteroatoms. The first-order valence-corrected chi connectivity index (χ1v) is 10.2. The molecular weight excluding hydrogens is 348 g/mol. The molecule has 1 aliphatic heterocycles. The molecule has 1 aromatic carbocycles. The van der Waals surface area contributed by atoms with Crippen molar-refractivity contribution >= 4 is 23.4 Å². The van der Waals surface area contributed by atoms with Crippen LogP contribution in [0.3, 0.4) is 0 Å². The molecule has 0 radical (unpaired) electrons. The Kier molecular flexibility index (Phi) is 6.23. The highest BCUT2D eigenvalue weighted by atomic mass is 35.5. The SMILES string of the molecule is CC(C)N(C(=O)C1CCCN(C(=O)c2ccc(Cl)cc2)C1)C1CCCC1. The summed E-state index contributed by atoms with van der Waals surface area (Å²) in [4.78, 5) is 30.0. The number of hydrogen-bond donors (Lipinski definition) is 0. The van der Waals surface area contributed by atoms with Gasteiger partial charge in [-0.1, -0.05) is 24.4 Å². The maximum absolute atomic E-state index is 13.2. The van der Waals surface area contributed by atoms with E-state index in [1.54, 1.807) is 24.3 Å². The van der Waals surface area contributed by atoms with E-state index in [2.05, 4.69) is 18.7 Å². The third kappa shape index (κ3) is 4.22. The fraction of sp³-hybridized carbons (Fsp3) is 0.619. The van der Waals surface area contributed by atoms with Crippen LogP contribution in [0, 0.1) is 5.92 Å². The molecule has 1 heterocycles. The van der Waals surface area contributed by atoms with Gasteiger partial charge in [-0.3, -0.25) is 9.59 Å². The molecule has 3 rings (SSSR count). The lowest BCUT2D eigenvalue weighted by molar-refractivity contribution is -0.141. The van der Waals surface area contributed by atoms with E-state index in [9.17, 15) is 9.59 Å². The van der Waals surface area contributed by atoms with E-state index in [1.807, 2.05) is 4.90 Å². The lowest BCUT2D eigenvalue weighted by Crippen LogP contribution is -2.51. The van der Waals surface area contributed by atoms with Crippen LogP contribution < -0.4 is 0 Å². The van der Waals surface area contributed by atoms with E-state index in [0.29, 0.717) is 23.2 Å². The van der Waals surface area contributed by atoms with Crippen LogP contribution in [-0.2, 0) is 4.79 Å². The average Bonchev–Trinajstić information content (AvgIpc) is 3.15. The van der Waals surface area contributed by atoms with Crippen molar-refractivity contribution in [1.82, 2.24) is 9.80 Å². The van der Waals surface area contributed by atoms with Crippen LogP contribution in [0.4, 0.5) is 0 Å². The van der Waals surface area contributed by atoms with Gasteiger partial charge < -0.3 is 9.80 Å². The van der Waals surface area contributed by atoms with Crippen molar-refractivity contribution in [3.8, 4) is 0 Å². The van der Waals surface area contributed by atoms with Gasteiger partial charge in [0.2, 0.25) is 5.91 Å². The van der Waals surface area contributed by atoms with Crippen molar-refractivity contribution in [2.75, 3.05) is 13.1 Å². The van der Waals surface area contributed by atoms with Gasteiger partial charge in [-0.2, -0.15) is 0 Å². The largest absolute Gasteiger partial charge is 0.338 e. The van der Waals surface area contributed by atoms with Crippen molar-refractivity contribution < 1.29 is 9.59 Å². The van der Waals surface area contributed by atoms with Crippen LogP contribution in [0.5, 0.6) is 0 Å². The Labute approximate surface area is 161 Å². The lowest BCUT2D eigenvalue weighted by atomic mass is 9.94. The first-order valence-electron chi connectivity index (χ1n) is 9.84. The summed E-state index contributed by atoms with van der Waals surface area (Å²) in [5.74, 6) is 0.152. The van der Waals surface area contributed by atoms with Gasteiger partial charge in [0.15, 0.2) is 0 Å². The van der Waals surface area contributed by atoms with Crippen molar-refractivity contribution in [2.24, 2.45) is 5.92 Å². The van der Waals surface area contributed by atoms with E-state index in [-0.39, 0.29) is 23.8 Å². The summed E-state index contributed by atoms with van der Waals surface area (Å²) < 4.78 is 0. The highest BCUT2D eigenvalue weighted by molar-refractivity contribution is 6.30. The van der Waals surface area contributed by atoms with Gasteiger partial charge in [0, 0.05) is 35.8 Å². The second-order valence-corrected chi connectivity index (χ2v) is 8.31. The summed E-state index contributed by atoms with van der Waals surface area (Å²) >= 11 is 5.92. The summed E-state index contributed by atoms with van der Waals surface area (Å²) in [6.07, 6.45) is 6.42. The Hall–Kier alpha value is -1.55. The van der Waals surface area contributed by atoms with Crippen LogP contribution >= 0.6 is 11.6 Å². The summed E-state index contributed by atoms with van der Waals surface area (Å²) in [6, 6.07) is 7.59. The molecule has 2 aliphatic rings. The number of hydrogen-bond acceptors (Lipinski definition) is 2. The third-order valence-electron chi connectivity index (χ3n) is 5.68. The molecule has 1 unspecified atom stereocenters. The molecule has 1 aromatic rings. The Balaban J connectivity index is 1.69. The number of piperidine rings is 1. The van der Waals surface area contributed by atoms with Crippen molar-refractivity contribution in [1.29, 1.82) is 0 Å². The normalized spacial score (nSPS) is 21.2. The Bertz CT molecular complexity index is 638. The van der Waals surface area contributed by atoms with Crippen molar-refractivity contribution in [3.63, 3.8) is 0 Å². The zero-order valence-corrected chi connectivity index (χ0v) is 16.5. The van der Waals surface area contributed by atoms with Crippen molar-refractivity contribution in [2.45, 2.75) is 64.5 Å². The number of halogens is 1. The van der Waals surface area contributed by atoms with Gasteiger partial charge in [-0.05, 0) is 63.8 Å². The highest BCUT2D eigenvalue weighted by Crippen LogP contribution is 2.29. The Morgan fingerprint density at radius 3 is 2.35 bits per heavy atom.